The Labute approximate surface area is 136 Å². The smallest absolute Gasteiger partial charge is 0.221 e. The van der Waals surface area contributed by atoms with Crippen LogP contribution in [0.3, 0.4) is 0 Å². The number of nitrogens with zero attached hydrogens (tertiary/aromatic N) is 3. The molecule has 1 aromatic heterocycles. The van der Waals surface area contributed by atoms with Gasteiger partial charge in [0.05, 0.1) is 0 Å². The maximum Gasteiger partial charge on any atom is 0.221 e. The topological polar surface area (TPSA) is 82.2 Å². The molecule has 1 aromatic carbocycles. The van der Waals surface area contributed by atoms with Crippen LogP contribution in [0, 0.1) is 0 Å². The van der Waals surface area contributed by atoms with Gasteiger partial charge in [-0.15, -0.1) is 0 Å². The first-order valence-corrected chi connectivity index (χ1v) is 7.38. The molecule has 7 heteroatoms. The molecule has 7 nitrogen and oxygen atoms in total. The van der Waals surface area contributed by atoms with E-state index in [1.54, 1.807) is 0 Å². The molecule has 0 spiro atoms. The number of aromatic nitrogens is 2. The fourth-order valence-electron chi connectivity index (χ4n) is 1.92. The molecule has 1 amide bonds. The maximum absolute atomic E-state index is 11.0. The number of hydrogen-bond donors (Lipinski definition) is 3. The fourth-order valence-corrected chi connectivity index (χ4v) is 1.92. The van der Waals surface area contributed by atoms with Crippen LogP contribution in [0.5, 0.6) is 0 Å². The van der Waals surface area contributed by atoms with Crippen LogP contribution in [0.4, 0.5) is 23.0 Å². The number of carbonyl (C=O) groups excluding carboxylic acids is 1. The lowest BCUT2D eigenvalue weighted by atomic mass is 10.2. The summed E-state index contributed by atoms with van der Waals surface area (Å²) in [6, 6.07) is 9.29. The van der Waals surface area contributed by atoms with E-state index in [-0.39, 0.29) is 5.91 Å². The van der Waals surface area contributed by atoms with Crippen molar-refractivity contribution in [2.45, 2.75) is 6.92 Å². The van der Waals surface area contributed by atoms with Crippen molar-refractivity contribution in [1.29, 1.82) is 0 Å². The highest BCUT2D eigenvalue weighted by Crippen LogP contribution is 2.18. The number of benzene rings is 1. The van der Waals surface area contributed by atoms with Gasteiger partial charge in [0.25, 0.3) is 0 Å². The molecule has 1 heterocycles. The molecule has 0 unspecified atom stereocenters. The van der Waals surface area contributed by atoms with Gasteiger partial charge in [-0.2, -0.15) is 0 Å². The molecule has 23 heavy (non-hydrogen) atoms. The summed E-state index contributed by atoms with van der Waals surface area (Å²) < 4.78 is 0. The lowest BCUT2D eigenvalue weighted by Crippen LogP contribution is -2.21. The van der Waals surface area contributed by atoms with E-state index < -0.39 is 0 Å². The Morgan fingerprint density at radius 2 is 1.74 bits per heavy atom. The molecule has 0 fully saturated rings. The van der Waals surface area contributed by atoms with Crippen molar-refractivity contribution in [3.8, 4) is 0 Å². The minimum Gasteiger partial charge on any atom is -0.369 e. The zero-order valence-electron chi connectivity index (χ0n) is 13.6. The lowest BCUT2D eigenvalue weighted by molar-refractivity contribution is -0.114. The van der Waals surface area contributed by atoms with Crippen molar-refractivity contribution in [2.24, 2.45) is 0 Å². The second-order valence-corrected chi connectivity index (χ2v) is 5.40. The van der Waals surface area contributed by atoms with Gasteiger partial charge >= 0.3 is 0 Å². The largest absolute Gasteiger partial charge is 0.369 e. The van der Waals surface area contributed by atoms with E-state index in [0.717, 1.165) is 30.3 Å². The van der Waals surface area contributed by atoms with Crippen molar-refractivity contribution in [1.82, 2.24) is 14.9 Å². The number of anilines is 4. The number of carbonyl (C=O) groups is 1. The van der Waals surface area contributed by atoms with Crippen molar-refractivity contribution in [3.63, 3.8) is 0 Å². The number of likely N-dealkylation sites (N-methyl/N-ethyl adjacent to an activating group) is 1. The SMILES string of the molecule is CC(=O)Nc1ccc(Nc2cc(NCCN(C)C)ncn2)cc1. The van der Waals surface area contributed by atoms with Gasteiger partial charge in [0.15, 0.2) is 0 Å². The molecule has 0 aliphatic rings. The van der Waals surface area contributed by atoms with Crippen LogP contribution in [0.2, 0.25) is 0 Å². The highest BCUT2D eigenvalue weighted by Gasteiger charge is 2.01. The Balaban J connectivity index is 1.95. The van der Waals surface area contributed by atoms with E-state index in [9.17, 15) is 4.79 Å². The highest BCUT2D eigenvalue weighted by atomic mass is 16.1. The molecular formula is C16H22N6O. The first kappa shape index (κ1) is 16.7. The highest BCUT2D eigenvalue weighted by molar-refractivity contribution is 5.88. The van der Waals surface area contributed by atoms with Crippen LogP contribution in [0.15, 0.2) is 36.7 Å². The van der Waals surface area contributed by atoms with Gasteiger partial charge in [0.1, 0.15) is 18.0 Å². The van der Waals surface area contributed by atoms with Gasteiger partial charge in [0, 0.05) is 37.5 Å². The van der Waals surface area contributed by atoms with Gasteiger partial charge in [-0.1, -0.05) is 0 Å². The number of rotatable bonds is 7. The van der Waals surface area contributed by atoms with Gasteiger partial charge in [-0.05, 0) is 38.4 Å². The minimum absolute atomic E-state index is 0.0880. The summed E-state index contributed by atoms with van der Waals surface area (Å²) in [6.07, 6.45) is 1.52. The third-order valence-corrected chi connectivity index (χ3v) is 3.01. The average molecular weight is 314 g/mol. The molecule has 0 atom stereocenters. The van der Waals surface area contributed by atoms with Crippen LogP contribution in [-0.4, -0.2) is 48.0 Å². The summed E-state index contributed by atoms with van der Waals surface area (Å²) in [6.45, 7) is 3.23. The van der Waals surface area contributed by atoms with Gasteiger partial charge in [0.2, 0.25) is 5.91 Å². The summed E-state index contributed by atoms with van der Waals surface area (Å²) in [4.78, 5) is 21.5. The Morgan fingerprint density at radius 3 is 2.39 bits per heavy atom. The van der Waals surface area contributed by atoms with Crippen molar-refractivity contribution >= 4 is 28.9 Å². The monoisotopic (exact) mass is 314 g/mol. The quantitative estimate of drug-likeness (QED) is 0.726. The molecule has 122 valence electrons. The zero-order valence-corrected chi connectivity index (χ0v) is 13.6. The van der Waals surface area contributed by atoms with Crippen molar-refractivity contribution < 1.29 is 4.79 Å². The summed E-state index contributed by atoms with van der Waals surface area (Å²) in [5.41, 5.74) is 1.65. The summed E-state index contributed by atoms with van der Waals surface area (Å²) in [5, 5.41) is 9.19. The third-order valence-electron chi connectivity index (χ3n) is 3.01. The molecule has 0 saturated heterocycles. The van der Waals surface area contributed by atoms with Crippen LogP contribution in [0.25, 0.3) is 0 Å². The van der Waals surface area contributed by atoms with Crippen LogP contribution in [-0.2, 0) is 4.79 Å². The van der Waals surface area contributed by atoms with E-state index in [2.05, 4.69) is 30.8 Å². The standard InChI is InChI=1S/C16H22N6O/c1-12(23)20-13-4-6-14(7-5-13)21-16-10-15(18-11-19-16)17-8-9-22(2)3/h4-7,10-11H,8-9H2,1-3H3,(H,20,23)(H2,17,18,19,21). The second kappa shape index (κ2) is 8.09. The zero-order chi connectivity index (χ0) is 16.7. The normalized spacial score (nSPS) is 10.4. The molecule has 3 N–H and O–H groups in total. The molecule has 2 aromatic rings. The summed E-state index contributed by atoms with van der Waals surface area (Å²) >= 11 is 0. The van der Waals surface area contributed by atoms with Crippen LogP contribution < -0.4 is 16.0 Å². The van der Waals surface area contributed by atoms with Crippen molar-refractivity contribution in [2.75, 3.05) is 43.1 Å². The summed E-state index contributed by atoms with van der Waals surface area (Å²) in [7, 11) is 4.05. The third kappa shape index (κ3) is 5.91. The average Bonchev–Trinajstić information content (AvgIpc) is 2.49. The first-order chi connectivity index (χ1) is 11.0. The van der Waals surface area contributed by atoms with Gasteiger partial charge < -0.3 is 20.9 Å². The predicted molar refractivity (Wildman–Crippen MR) is 93.1 cm³/mol. The van der Waals surface area contributed by atoms with E-state index in [1.165, 1.54) is 13.3 Å². The molecule has 0 bridgehead atoms. The van der Waals surface area contributed by atoms with Crippen LogP contribution in [0.1, 0.15) is 6.92 Å². The number of amides is 1. The Hall–Kier alpha value is -2.67. The van der Waals surface area contributed by atoms with E-state index >= 15 is 0 Å². The molecule has 0 aliphatic heterocycles. The Kier molecular flexibility index (Phi) is 5.87. The van der Waals surface area contributed by atoms with E-state index in [4.69, 9.17) is 0 Å². The Morgan fingerprint density at radius 1 is 1.09 bits per heavy atom. The number of nitrogens with one attached hydrogen (secondary N) is 3. The molecule has 2 rings (SSSR count). The maximum atomic E-state index is 11.0. The van der Waals surface area contributed by atoms with E-state index in [1.807, 2.05) is 44.4 Å². The number of hydrogen-bond acceptors (Lipinski definition) is 6. The van der Waals surface area contributed by atoms with Crippen LogP contribution >= 0.6 is 0 Å². The lowest BCUT2D eigenvalue weighted by Gasteiger charge is -2.12. The predicted octanol–water partition coefficient (Wildman–Crippen LogP) is 2.15. The van der Waals surface area contributed by atoms with Gasteiger partial charge in [-0.25, -0.2) is 9.97 Å². The van der Waals surface area contributed by atoms with Crippen molar-refractivity contribution in [3.05, 3.63) is 36.7 Å². The summed E-state index contributed by atoms with van der Waals surface area (Å²) in [5.74, 6) is 1.40. The minimum atomic E-state index is -0.0880. The van der Waals surface area contributed by atoms with E-state index in [0.29, 0.717) is 5.82 Å². The first-order valence-electron chi connectivity index (χ1n) is 7.38. The second-order valence-electron chi connectivity index (χ2n) is 5.40. The molecule has 0 saturated carbocycles. The van der Waals surface area contributed by atoms with Gasteiger partial charge in [-0.3, -0.25) is 4.79 Å². The molecular weight excluding hydrogens is 292 g/mol. The Bertz CT molecular complexity index is 641. The fraction of sp³-hybridized carbons (Fsp3) is 0.312. The molecule has 0 aliphatic carbocycles. The molecule has 0 radical (unpaired) electrons.